The third kappa shape index (κ3) is 1.70. The van der Waals surface area contributed by atoms with Crippen LogP contribution in [-0.4, -0.2) is 5.16 Å². The van der Waals surface area contributed by atoms with E-state index in [2.05, 4.69) is 33.1 Å². The van der Waals surface area contributed by atoms with E-state index in [0.29, 0.717) is 0 Å². The maximum Gasteiger partial charge on any atom is 0.189 e. The number of aliphatic imine (C=N–C) groups is 1. The third-order valence-electron chi connectivity index (χ3n) is 1.34. The lowest BCUT2D eigenvalue weighted by Crippen LogP contribution is -1.96. The second-order valence-electron chi connectivity index (χ2n) is 2.12. The van der Waals surface area contributed by atoms with Crippen LogP contribution in [0.4, 0.5) is 23.2 Å². The van der Waals surface area contributed by atoms with Crippen LogP contribution in [0.3, 0.4) is 0 Å². The van der Waals surface area contributed by atoms with Gasteiger partial charge in [0.25, 0.3) is 0 Å². The summed E-state index contributed by atoms with van der Waals surface area (Å²) in [6.45, 7) is 0. The van der Waals surface area contributed by atoms with Gasteiger partial charge in [0.05, 0.1) is 9.63 Å². The molecule has 0 saturated heterocycles. The van der Waals surface area contributed by atoms with Crippen molar-refractivity contribution in [3.05, 3.63) is 27.7 Å². The molecule has 1 nitrogen and oxygen atoms in total. The van der Waals surface area contributed by atoms with Crippen LogP contribution in [0.15, 0.2) is 9.47 Å². The van der Waals surface area contributed by atoms with E-state index in [-0.39, 0.29) is 0 Å². The molecule has 0 unspecified atom stereocenters. The molecule has 0 N–H and O–H groups in total. The molecule has 1 rings (SSSR count). The normalized spacial score (nSPS) is 9.79. The van der Waals surface area contributed by atoms with Crippen molar-refractivity contribution in [2.45, 2.75) is 0 Å². The fourth-order valence-electron chi connectivity index (χ4n) is 0.737. The Hall–Kier alpha value is -0.780. The molecule has 0 atom stereocenters. The fraction of sp³-hybridized carbons (Fsp3) is 0. The second-order valence-corrected chi connectivity index (χ2v) is 3.10. The zero-order valence-corrected chi connectivity index (χ0v) is 8.65. The van der Waals surface area contributed by atoms with Gasteiger partial charge in [-0.2, -0.15) is 4.99 Å². The van der Waals surface area contributed by atoms with E-state index in [1.807, 2.05) is 0 Å². The Morgan fingerprint density at radius 1 is 1.00 bits per heavy atom. The Morgan fingerprint density at radius 3 is 1.79 bits per heavy atom. The molecular formula is C7BrF4NS. The lowest BCUT2D eigenvalue weighted by molar-refractivity contribution is 0.450. The van der Waals surface area contributed by atoms with Gasteiger partial charge < -0.3 is 0 Å². The first-order chi connectivity index (χ1) is 6.50. The van der Waals surface area contributed by atoms with Gasteiger partial charge in [-0.3, -0.25) is 0 Å². The number of nitrogens with zero attached hydrogens (tertiary/aromatic N) is 1. The second kappa shape index (κ2) is 4.16. The molecule has 7 heteroatoms. The van der Waals surface area contributed by atoms with Crippen molar-refractivity contribution in [2.24, 2.45) is 4.99 Å². The van der Waals surface area contributed by atoms with Gasteiger partial charge in [-0.1, -0.05) is 0 Å². The molecule has 0 fully saturated rings. The van der Waals surface area contributed by atoms with Crippen molar-refractivity contribution in [1.29, 1.82) is 0 Å². The van der Waals surface area contributed by atoms with Crippen molar-refractivity contribution < 1.29 is 17.6 Å². The Labute approximate surface area is 89.6 Å². The molecule has 1 aromatic carbocycles. The van der Waals surface area contributed by atoms with E-state index in [4.69, 9.17) is 0 Å². The largest absolute Gasteiger partial charge is 0.202 e. The third-order valence-corrected chi connectivity index (χ3v) is 2.13. The molecule has 74 valence electrons. The first-order valence-electron chi connectivity index (χ1n) is 3.10. The number of isothiocyanates is 1. The minimum atomic E-state index is -1.62. The molecule has 14 heavy (non-hydrogen) atoms. The summed E-state index contributed by atoms with van der Waals surface area (Å²) in [4.78, 5) is 2.88. The van der Waals surface area contributed by atoms with Gasteiger partial charge in [-0.25, -0.2) is 17.6 Å². The maximum absolute atomic E-state index is 12.9. The Bertz CT molecular complexity index is 413. The molecule has 0 amide bonds. The van der Waals surface area contributed by atoms with E-state index in [1.54, 1.807) is 5.16 Å². The van der Waals surface area contributed by atoms with Crippen LogP contribution in [-0.2, 0) is 0 Å². The van der Waals surface area contributed by atoms with E-state index < -0.39 is 33.4 Å². The van der Waals surface area contributed by atoms with E-state index in [1.165, 1.54) is 0 Å². The standard InChI is InChI=1S/C7BrF4NS/c8-2-3(9)5(11)7(13-1-14)6(12)4(2)10. The number of thiocarbonyl (C=S) groups is 1. The Morgan fingerprint density at radius 2 is 1.43 bits per heavy atom. The van der Waals surface area contributed by atoms with Crippen LogP contribution < -0.4 is 0 Å². The highest BCUT2D eigenvalue weighted by Gasteiger charge is 2.23. The number of benzene rings is 1. The van der Waals surface area contributed by atoms with Crippen molar-refractivity contribution in [3.63, 3.8) is 0 Å². The predicted molar refractivity (Wildman–Crippen MR) is 48.7 cm³/mol. The summed E-state index contributed by atoms with van der Waals surface area (Å²) in [5.74, 6) is -6.36. The highest BCUT2D eigenvalue weighted by atomic mass is 79.9. The van der Waals surface area contributed by atoms with Crippen molar-refractivity contribution in [3.8, 4) is 0 Å². The Balaban J connectivity index is 3.67. The molecule has 0 heterocycles. The predicted octanol–water partition coefficient (Wildman–Crippen LogP) is 3.74. The summed E-state index contributed by atoms with van der Waals surface area (Å²) in [6.07, 6.45) is 0. The van der Waals surface area contributed by atoms with E-state index >= 15 is 0 Å². The molecule has 0 radical (unpaired) electrons. The van der Waals surface area contributed by atoms with Crippen LogP contribution in [0.25, 0.3) is 0 Å². The molecule has 0 saturated carbocycles. The van der Waals surface area contributed by atoms with Crippen molar-refractivity contribution >= 4 is 39.0 Å². The summed E-state index contributed by atoms with van der Waals surface area (Å²) in [7, 11) is 0. The first kappa shape index (κ1) is 11.3. The summed E-state index contributed by atoms with van der Waals surface area (Å²) in [5.41, 5.74) is -1.13. The topological polar surface area (TPSA) is 12.4 Å². The quantitative estimate of drug-likeness (QED) is 0.252. The van der Waals surface area contributed by atoms with Crippen LogP contribution >= 0.6 is 28.1 Å². The monoisotopic (exact) mass is 285 g/mol. The molecule has 1 aromatic rings. The lowest BCUT2D eigenvalue weighted by atomic mass is 10.2. The van der Waals surface area contributed by atoms with Crippen LogP contribution in [0.1, 0.15) is 0 Å². The van der Waals surface area contributed by atoms with Gasteiger partial charge in [0, 0.05) is 0 Å². The maximum atomic E-state index is 12.9. The summed E-state index contributed by atoms with van der Waals surface area (Å²) >= 11 is 6.41. The lowest BCUT2D eigenvalue weighted by Gasteiger charge is -2.02. The highest BCUT2D eigenvalue weighted by Crippen LogP contribution is 2.32. The number of hydrogen-bond donors (Lipinski definition) is 0. The molecule has 0 aliphatic rings. The minimum absolute atomic E-state index is 0.921. The van der Waals surface area contributed by atoms with Gasteiger partial charge in [0.15, 0.2) is 29.0 Å². The molecule has 0 bridgehead atoms. The highest BCUT2D eigenvalue weighted by molar-refractivity contribution is 9.10. The summed E-state index contributed by atoms with van der Waals surface area (Å²) in [6, 6.07) is 0. The van der Waals surface area contributed by atoms with Gasteiger partial charge in [0.2, 0.25) is 0 Å². The number of halogens is 5. The first-order valence-corrected chi connectivity index (χ1v) is 4.30. The van der Waals surface area contributed by atoms with Gasteiger partial charge in [0.1, 0.15) is 0 Å². The van der Waals surface area contributed by atoms with E-state index in [9.17, 15) is 17.6 Å². The Kier molecular flexibility index (Phi) is 3.36. The van der Waals surface area contributed by atoms with Gasteiger partial charge in [-0.05, 0) is 28.1 Å². The van der Waals surface area contributed by atoms with Gasteiger partial charge in [-0.15, -0.1) is 0 Å². The van der Waals surface area contributed by atoms with Gasteiger partial charge >= 0.3 is 0 Å². The summed E-state index contributed by atoms with van der Waals surface area (Å²) < 4.78 is 50.5. The number of hydrogen-bond acceptors (Lipinski definition) is 2. The smallest absolute Gasteiger partial charge is 0.189 e. The SMILES string of the molecule is Fc1c(F)c(N=C=S)c(F)c(F)c1Br. The van der Waals surface area contributed by atoms with Crippen LogP contribution in [0.5, 0.6) is 0 Å². The summed E-state index contributed by atoms with van der Waals surface area (Å²) in [5, 5.41) is 1.62. The zero-order chi connectivity index (χ0) is 10.9. The van der Waals surface area contributed by atoms with Crippen LogP contribution in [0, 0.1) is 23.3 Å². The molecule has 0 aliphatic heterocycles. The molecule has 0 aliphatic carbocycles. The zero-order valence-electron chi connectivity index (χ0n) is 6.25. The number of rotatable bonds is 1. The average Bonchev–Trinajstić information content (AvgIpc) is 2.19. The van der Waals surface area contributed by atoms with Crippen molar-refractivity contribution in [1.82, 2.24) is 0 Å². The van der Waals surface area contributed by atoms with Crippen molar-refractivity contribution in [2.75, 3.05) is 0 Å². The fourth-order valence-corrected chi connectivity index (χ4v) is 1.18. The molecule has 0 spiro atoms. The molecule has 0 aromatic heterocycles. The minimum Gasteiger partial charge on any atom is -0.202 e. The van der Waals surface area contributed by atoms with E-state index in [0.717, 1.165) is 0 Å². The van der Waals surface area contributed by atoms with Crippen LogP contribution in [0.2, 0.25) is 0 Å². The average molecular weight is 286 g/mol. The molecular weight excluding hydrogens is 286 g/mol.